The number of hydrogen-bond acceptors (Lipinski definition) is 5. The molecule has 0 N–H and O–H groups in total. The van der Waals surface area contributed by atoms with Crippen LogP contribution in [-0.2, 0) is 23.9 Å². The molecule has 1 aliphatic rings. The van der Waals surface area contributed by atoms with E-state index < -0.39 is 5.60 Å². The minimum Gasteiger partial charge on any atom is -0.367 e. The Balaban J connectivity index is 1.60. The lowest BCUT2D eigenvalue weighted by molar-refractivity contribution is -0.0466. The van der Waals surface area contributed by atoms with E-state index in [0.29, 0.717) is 31.9 Å². The second-order valence-electron chi connectivity index (χ2n) is 7.20. The molecule has 8 heteroatoms. The number of rotatable bonds is 4. The molecule has 1 saturated heterocycles. The number of anilines is 1. The SMILES string of the molecule is Cn1cc(C2(C)CN(c3cnn(Cc4ccccc4)c(=O)c3Cl)CCO2)cn1. The van der Waals surface area contributed by atoms with Crippen molar-refractivity contribution in [3.8, 4) is 0 Å². The quantitative estimate of drug-likeness (QED) is 0.674. The number of halogens is 1. The topological polar surface area (TPSA) is 65.2 Å². The van der Waals surface area contributed by atoms with Gasteiger partial charge < -0.3 is 9.64 Å². The normalized spacial score (nSPS) is 19.8. The third kappa shape index (κ3) is 3.55. The highest BCUT2D eigenvalue weighted by Gasteiger charge is 2.36. The molecular formula is C20H22ClN5O2. The van der Waals surface area contributed by atoms with E-state index in [1.165, 1.54) is 4.68 Å². The zero-order valence-electron chi connectivity index (χ0n) is 15.9. The summed E-state index contributed by atoms with van der Waals surface area (Å²) in [6, 6.07) is 9.72. The Morgan fingerprint density at radius 1 is 1.21 bits per heavy atom. The minimum atomic E-state index is -0.533. The van der Waals surface area contributed by atoms with Crippen LogP contribution in [0.5, 0.6) is 0 Å². The fourth-order valence-electron chi connectivity index (χ4n) is 3.49. The summed E-state index contributed by atoms with van der Waals surface area (Å²) < 4.78 is 9.19. The van der Waals surface area contributed by atoms with E-state index in [2.05, 4.69) is 15.1 Å². The van der Waals surface area contributed by atoms with E-state index in [1.54, 1.807) is 17.1 Å². The van der Waals surface area contributed by atoms with E-state index in [0.717, 1.165) is 11.1 Å². The first kappa shape index (κ1) is 18.7. The predicted octanol–water partition coefficient (Wildman–Crippen LogP) is 2.43. The maximum absolute atomic E-state index is 12.8. The number of benzene rings is 1. The van der Waals surface area contributed by atoms with E-state index in [9.17, 15) is 4.79 Å². The number of ether oxygens (including phenoxy) is 1. The lowest BCUT2D eigenvalue weighted by Crippen LogP contribution is -2.48. The predicted molar refractivity (Wildman–Crippen MR) is 108 cm³/mol. The molecular weight excluding hydrogens is 378 g/mol. The number of morpholine rings is 1. The van der Waals surface area contributed by atoms with E-state index in [1.807, 2.05) is 50.5 Å². The Bertz CT molecular complexity index is 1030. The molecule has 1 atom stereocenters. The zero-order chi connectivity index (χ0) is 19.7. The van der Waals surface area contributed by atoms with Gasteiger partial charge in [0, 0.05) is 25.4 Å². The average molecular weight is 400 g/mol. The molecule has 3 aromatic rings. The monoisotopic (exact) mass is 399 g/mol. The van der Waals surface area contributed by atoms with Gasteiger partial charge in [-0.05, 0) is 12.5 Å². The molecule has 0 radical (unpaired) electrons. The Morgan fingerprint density at radius 2 is 2.00 bits per heavy atom. The van der Waals surface area contributed by atoms with Crippen LogP contribution in [0.3, 0.4) is 0 Å². The van der Waals surface area contributed by atoms with Crippen molar-refractivity contribution in [3.63, 3.8) is 0 Å². The van der Waals surface area contributed by atoms with Crippen LogP contribution in [0.25, 0.3) is 0 Å². The van der Waals surface area contributed by atoms with Crippen molar-refractivity contribution in [3.05, 3.63) is 75.4 Å². The summed E-state index contributed by atoms with van der Waals surface area (Å²) >= 11 is 6.47. The van der Waals surface area contributed by atoms with Crippen LogP contribution < -0.4 is 10.5 Å². The first-order valence-electron chi connectivity index (χ1n) is 9.14. The summed E-state index contributed by atoms with van der Waals surface area (Å²) in [5, 5.41) is 8.78. The van der Waals surface area contributed by atoms with Crippen LogP contribution in [0, 0.1) is 0 Å². The first-order chi connectivity index (χ1) is 13.5. The van der Waals surface area contributed by atoms with E-state index >= 15 is 0 Å². The molecule has 0 amide bonds. The Hall–Kier alpha value is -2.64. The molecule has 4 rings (SSSR count). The fourth-order valence-corrected chi connectivity index (χ4v) is 3.76. The average Bonchev–Trinajstić information content (AvgIpc) is 3.14. The first-order valence-corrected chi connectivity index (χ1v) is 9.52. The summed E-state index contributed by atoms with van der Waals surface area (Å²) in [6.45, 7) is 4.13. The molecule has 7 nitrogen and oxygen atoms in total. The molecule has 2 aromatic heterocycles. The van der Waals surface area contributed by atoms with Crippen LogP contribution in [0.1, 0.15) is 18.1 Å². The molecule has 28 heavy (non-hydrogen) atoms. The summed E-state index contributed by atoms with van der Waals surface area (Å²) in [4.78, 5) is 14.8. The molecule has 0 bridgehead atoms. The summed E-state index contributed by atoms with van der Waals surface area (Å²) in [5.74, 6) is 0. The Morgan fingerprint density at radius 3 is 2.71 bits per heavy atom. The van der Waals surface area contributed by atoms with Gasteiger partial charge in [0.1, 0.15) is 10.6 Å². The van der Waals surface area contributed by atoms with Crippen molar-refractivity contribution in [1.82, 2.24) is 19.6 Å². The Kier molecular flexibility index (Phi) is 4.95. The highest BCUT2D eigenvalue weighted by Crippen LogP contribution is 2.33. The second kappa shape index (κ2) is 7.41. The number of hydrogen-bond donors (Lipinski definition) is 0. The molecule has 0 aliphatic carbocycles. The maximum Gasteiger partial charge on any atom is 0.287 e. The highest BCUT2D eigenvalue weighted by atomic mass is 35.5. The van der Waals surface area contributed by atoms with Crippen LogP contribution >= 0.6 is 11.6 Å². The van der Waals surface area contributed by atoms with Crippen molar-refractivity contribution in [2.24, 2.45) is 7.05 Å². The number of aryl methyl sites for hydroxylation is 1. The van der Waals surface area contributed by atoms with E-state index in [4.69, 9.17) is 16.3 Å². The summed E-state index contributed by atoms with van der Waals surface area (Å²) in [5.41, 5.74) is 1.79. The Labute approximate surface area is 168 Å². The van der Waals surface area contributed by atoms with Gasteiger partial charge in [-0.3, -0.25) is 9.48 Å². The molecule has 1 fully saturated rings. The van der Waals surface area contributed by atoms with Gasteiger partial charge in [-0.15, -0.1) is 0 Å². The maximum atomic E-state index is 12.8. The number of nitrogens with zero attached hydrogens (tertiary/aromatic N) is 5. The molecule has 1 aromatic carbocycles. The van der Waals surface area contributed by atoms with Gasteiger partial charge in [0.15, 0.2) is 0 Å². The van der Waals surface area contributed by atoms with Crippen molar-refractivity contribution in [2.45, 2.75) is 19.1 Å². The van der Waals surface area contributed by atoms with Crippen LogP contribution in [0.2, 0.25) is 5.02 Å². The third-order valence-electron chi connectivity index (χ3n) is 5.07. The van der Waals surface area contributed by atoms with E-state index in [-0.39, 0.29) is 10.6 Å². The van der Waals surface area contributed by atoms with Gasteiger partial charge >= 0.3 is 0 Å². The van der Waals surface area contributed by atoms with Crippen LogP contribution in [0.4, 0.5) is 5.69 Å². The van der Waals surface area contributed by atoms with Gasteiger partial charge in [-0.2, -0.15) is 10.2 Å². The minimum absolute atomic E-state index is 0.182. The summed E-state index contributed by atoms with van der Waals surface area (Å²) in [7, 11) is 1.88. The van der Waals surface area contributed by atoms with Crippen molar-refractivity contribution in [1.29, 1.82) is 0 Å². The van der Waals surface area contributed by atoms with Gasteiger partial charge in [-0.25, -0.2) is 4.68 Å². The largest absolute Gasteiger partial charge is 0.367 e. The van der Waals surface area contributed by atoms with Crippen molar-refractivity contribution < 1.29 is 4.74 Å². The summed E-state index contributed by atoms with van der Waals surface area (Å²) in [6.07, 6.45) is 5.42. The lowest BCUT2D eigenvalue weighted by atomic mass is 9.97. The smallest absolute Gasteiger partial charge is 0.287 e. The third-order valence-corrected chi connectivity index (χ3v) is 5.43. The molecule has 146 valence electrons. The zero-order valence-corrected chi connectivity index (χ0v) is 16.6. The van der Waals surface area contributed by atoms with Crippen molar-refractivity contribution in [2.75, 3.05) is 24.6 Å². The van der Waals surface area contributed by atoms with Gasteiger partial charge in [0.25, 0.3) is 5.56 Å². The molecule has 3 heterocycles. The second-order valence-corrected chi connectivity index (χ2v) is 7.57. The molecule has 0 spiro atoms. The van der Waals surface area contributed by atoms with Gasteiger partial charge in [0.2, 0.25) is 0 Å². The lowest BCUT2D eigenvalue weighted by Gasteiger charge is -2.41. The molecule has 0 saturated carbocycles. The molecule has 1 aliphatic heterocycles. The standard InChI is InChI=1S/C20H22ClN5O2/c1-20(16-10-22-24(2)13-16)14-25(8-9-28-20)17-11-23-26(19(27)18(17)21)12-15-6-4-3-5-7-15/h3-7,10-11,13H,8-9,12,14H2,1-2H3. The van der Waals surface area contributed by atoms with Crippen LogP contribution in [-0.4, -0.2) is 39.3 Å². The highest BCUT2D eigenvalue weighted by molar-refractivity contribution is 6.33. The van der Waals surface area contributed by atoms with Gasteiger partial charge in [0.05, 0.1) is 37.8 Å². The van der Waals surface area contributed by atoms with Gasteiger partial charge in [-0.1, -0.05) is 41.9 Å². The number of aromatic nitrogens is 4. The van der Waals surface area contributed by atoms with Crippen LogP contribution in [0.15, 0.2) is 53.7 Å². The fraction of sp³-hybridized carbons (Fsp3) is 0.350. The molecule has 1 unspecified atom stereocenters. The van der Waals surface area contributed by atoms with Crippen molar-refractivity contribution >= 4 is 17.3 Å².